The van der Waals surface area contributed by atoms with Crippen LogP contribution in [0.1, 0.15) is 17.0 Å². The van der Waals surface area contributed by atoms with Gasteiger partial charge in [-0.25, -0.2) is 4.98 Å². The van der Waals surface area contributed by atoms with E-state index in [9.17, 15) is 0 Å². The van der Waals surface area contributed by atoms with Crippen LogP contribution in [0, 0.1) is 13.8 Å². The molecule has 2 aromatic rings. The standard InChI is InChI=1S/C13H14N2O2/c1-9-7-14-10(2)13(15-9)17-12-5-3-11(8-16)4-6-12/h3-7,16H,8H2,1-2H3. The van der Waals surface area contributed by atoms with E-state index >= 15 is 0 Å². The topological polar surface area (TPSA) is 55.2 Å². The van der Waals surface area contributed by atoms with Crippen LogP contribution in [-0.2, 0) is 6.61 Å². The smallest absolute Gasteiger partial charge is 0.241 e. The minimum atomic E-state index is 0.0313. The van der Waals surface area contributed by atoms with Gasteiger partial charge in [0.05, 0.1) is 18.0 Å². The van der Waals surface area contributed by atoms with Gasteiger partial charge in [-0.1, -0.05) is 12.1 Å². The van der Waals surface area contributed by atoms with Crippen molar-refractivity contribution in [1.29, 1.82) is 0 Å². The van der Waals surface area contributed by atoms with Crippen molar-refractivity contribution in [1.82, 2.24) is 9.97 Å². The minimum Gasteiger partial charge on any atom is -0.437 e. The summed E-state index contributed by atoms with van der Waals surface area (Å²) in [4.78, 5) is 8.46. The Morgan fingerprint density at radius 3 is 2.53 bits per heavy atom. The molecule has 4 nitrogen and oxygen atoms in total. The van der Waals surface area contributed by atoms with Crippen molar-refractivity contribution in [2.24, 2.45) is 0 Å². The normalized spacial score (nSPS) is 10.3. The molecule has 17 heavy (non-hydrogen) atoms. The Labute approximate surface area is 99.9 Å². The fourth-order valence-electron chi connectivity index (χ4n) is 1.39. The van der Waals surface area contributed by atoms with Gasteiger partial charge in [0.1, 0.15) is 5.75 Å². The minimum absolute atomic E-state index is 0.0313. The number of hydrogen-bond donors (Lipinski definition) is 1. The number of benzene rings is 1. The average Bonchev–Trinajstić information content (AvgIpc) is 2.35. The van der Waals surface area contributed by atoms with Crippen molar-refractivity contribution in [3.8, 4) is 11.6 Å². The van der Waals surface area contributed by atoms with Crippen molar-refractivity contribution in [2.75, 3.05) is 0 Å². The fraction of sp³-hybridized carbons (Fsp3) is 0.231. The number of aryl methyl sites for hydroxylation is 2. The monoisotopic (exact) mass is 230 g/mol. The summed E-state index contributed by atoms with van der Waals surface area (Å²) in [5, 5.41) is 8.94. The van der Waals surface area contributed by atoms with Gasteiger partial charge < -0.3 is 9.84 Å². The molecule has 0 spiro atoms. The van der Waals surface area contributed by atoms with Gasteiger partial charge in [0.25, 0.3) is 0 Å². The number of aromatic nitrogens is 2. The second-order valence-electron chi connectivity index (χ2n) is 3.81. The molecule has 0 bridgehead atoms. The Kier molecular flexibility index (Phi) is 3.35. The molecule has 0 atom stereocenters. The van der Waals surface area contributed by atoms with E-state index in [-0.39, 0.29) is 6.61 Å². The average molecular weight is 230 g/mol. The summed E-state index contributed by atoms with van der Waals surface area (Å²) >= 11 is 0. The van der Waals surface area contributed by atoms with Gasteiger partial charge in [-0.3, -0.25) is 4.98 Å². The predicted octanol–water partition coefficient (Wildman–Crippen LogP) is 2.38. The van der Waals surface area contributed by atoms with Crippen LogP contribution in [0.5, 0.6) is 11.6 Å². The third-order valence-electron chi connectivity index (χ3n) is 2.35. The van der Waals surface area contributed by atoms with E-state index in [1.807, 2.05) is 26.0 Å². The molecule has 0 aliphatic rings. The van der Waals surface area contributed by atoms with Crippen LogP contribution in [0.25, 0.3) is 0 Å². The van der Waals surface area contributed by atoms with Crippen molar-refractivity contribution < 1.29 is 9.84 Å². The zero-order valence-electron chi connectivity index (χ0n) is 9.84. The van der Waals surface area contributed by atoms with Crippen LogP contribution >= 0.6 is 0 Å². The van der Waals surface area contributed by atoms with Gasteiger partial charge >= 0.3 is 0 Å². The second-order valence-corrected chi connectivity index (χ2v) is 3.81. The highest BCUT2D eigenvalue weighted by atomic mass is 16.5. The third-order valence-corrected chi connectivity index (χ3v) is 2.35. The molecule has 1 aromatic carbocycles. The van der Waals surface area contributed by atoms with Crippen molar-refractivity contribution in [2.45, 2.75) is 20.5 Å². The Bertz CT molecular complexity index is 509. The lowest BCUT2D eigenvalue weighted by molar-refractivity contribution is 0.281. The summed E-state index contributed by atoms with van der Waals surface area (Å²) in [7, 11) is 0. The first-order valence-corrected chi connectivity index (χ1v) is 5.37. The Morgan fingerprint density at radius 1 is 1.18 bits per heavy atom. The van der Waals surface area contributed by atoms with E-state index in [1.54, 1.807) is 18.3 Å². The molecule has 0 fully saturated rings. The van der Waals surface area contributed by atoms with Gasteiger partial charge in [-0.2, -0.15) is 0 Å². The predicted molar refractivity (Wildman–Crippen MR) is 63.9 cm³/mol. The lowest BCUT2D eigenvalue weighted by Crippen LogP contribution is -1.96. The Balaban J connectivity index is 2.22. The van der Waals surface area contributed by atoms with E-state index in [0.717, 1.165) is 17.0 Å². The molecule has 0 radical (unpaired) electrons. The molecule has 88 valence electrons. The lowest BCUT2D eigenvalue weighted by Gasteiger charge is -2.07. The lowest BCUT2D eigenvalue weighted by atomic mass is 10.2. The zero-order chi connectivity index (χ0) is 12.3. The molecule has 1 heterocycles. The molecular formula is C13H14N2O2. The number of aliphatic hydroxyl groups is 1. The molecule has 0 saturated heterocycles. The molecule has 0 amide bonds. The number of hydrogen-bond acceptors (Lipinski definition) is 4. The van der Waals surface area contributed by atoms with Gasteiger partial charge in [0, 0.05) is 6.20 Å². The van der Waals surface area contributed by atoms with E-state index in [1.165, 1.54) is 0 Å². The summed E-state index contributed by atoms with van der Waals surface area (Å²) < 4.78 is 5.63. The largest absolute Gasteiger partial charge is 0.437 e. The summed E-state index contributed by atoms with van der Waals surface area (Å²) in [5.74, 6) is 1.20. The summed E-state index contributed by atoms with van der Waals surface area (Å²) in [6.45, 7) is 3.75. The first-order valence-electron chi connectivity index (χ1n) is 5.37. The van der Waals surface area contributed by atoms with Crippen molar-refractivity contribution in [3.05, 3.63) is 47.4 Å². The SMILES string of the molecule is Cc1cnc(C)c(Oc2ccc(CO)cc2)n1. The second kappa shape index (κ2) is 4.93. The van der Waals surface area contributed by atoms with Crippen molar-refractivity contribution >= 4 is 0 Å². The highest BCUT2D eigenvalue weighted by Crippen LogP contribution is 2.22. The number of ether oxygens (including phenoxy) is 1. The zero-order valence-corrected chi connectivity index (χ0v) is 9.84. The van der Waals surface area contributed by atoms with Gasteiger partial charge in [-0.15, -0.1) is 0 Å². The van der Waals surface area contributed by atoms with Gasteiger partial charge in [-0.05, 0) is 31.5 Å². The highest BCUT2D eigenvalue weighted by molar-refractivity contribution is 5.31. The molecule has 1 N–H and O–H groups in total. The first-order chi connectivity index (χ1) is 8.19. The van der Waals surface area contributed by atoms with Gasteiger partial charge in [0.2, 0.25) is 5.88 Å². The van der Waals surface area contributed by atoms with Crippen LogP contribution in [0.2, 0.25) is 0 Å². The number of nitrogens with zero attached hydrogens (tertiary/aromatic N) is 2. The molecule has 0 unspecified atom stereocenters. The summed E-state index contributed by atoms with van der Waals surface area (Å²) in [6, 6.07) is 7.23. The Morgan fingerprint density at radius 2 is 1.88 bits per heavy atom. The molecule has 1 aromatic heterocycles. The summed E-state index contributed by atoms with van der Waals surface area (Å²) in [6.07, 6.45) is 1.71. The first kappa shape index (κ1) is 11.5. The van der Waals surface area contributed by atoms with Crippen LogP contribution in [0.4, 0.5) is 0 Å². The quantitative estimate of drug-likeness (QED) is 0.879. The molecule has 0 saturated carbocycles. The van der Waals surface area contributed by atoms with Crippen LogP contribution < -0.4 is 4.74 Å². The Hall–Kier alpha value is -1.94. The summed E-state index contributed by atoms with van der Waals surface area (Å²) in [5.41, 5.74) is 2.42. The maximum absolute atomic E-state index is 8.94. The maximum Gasteiger partial charge on any atom is 0.241 e. The van der Waals surface area contributed by atoms with Crippen LogP contribution in [-0.4, -0.2) is 15.1 Å². The molecule has 0 aliphatic heterocycles. The van der Waals surface area contributed by atoms with Crippen LogP contribution in [0.15, 0.2) is 30.5 Å². The van der Waals surface area contributed by atoms with Gasteiger partial charge in [0.15, 0.2) is 0 Å². The maximum atomic E-state index is 8.94. The number of aliphatic hydroxyl groups excluding tert-OH is 1. The molecule has 2 rings (SSSR count). The molecule has 4 heteroatoms. The third kappa shape index (κ3) is 2.79. The fourth-order valence-corrected chi connectivity index (χ4v) is 1.39. The van der Waals surface area contributed by atoms with Crippen LogP contribution in [0.3, 0.4) is 0 Å². The molecular weight excluding hydrogens is 216 g/mol. The van der Waals surface area contributed by atoms with E-state index in [2.05, 4.69) is 9.97 Å². The van der Waals surface area contributed by atoms with E-state index in [0.29, 0.717) is 11.6 Å². The van der Waals surface area contributed by atoms with E-state index in [4.69, 9.17) is 9.84 Å². The molecule has 0 aliphatic carbocycles. The van der Waals surface area contributed by atoms with Crippen molar-refractivity contribution in [3.63, 3.8) is 0 Å². The van der Waals surface area contributed by atoms with E-state index < -0.39 is 0 Å². The number of rotatable bonds is 3. The highest BCUT2D eigenvalue weighted by Gasteiger charge is 2.04.